The average molecular weight is 328 g/mol. The lowest BCUT2D eigenvalue weighted by Gasteiger charge is -2.32. The summed E-state index contributed by atoms with van der Waals surface area (Å²) in [7, 11) is 3.77. The minimum Gasteiger partial charge on any atom is -0.372 e. The molecule has 0 amide bonds. The molecule has 4 heterocycles. The number of aromatic nitrogens is 7. The standard InChI is InChI=1S/C15H20N8O/c1-22-11(5-6-19-22)13-10(4-3-7-24-13)8-16-14-12-15(18-9-17-14)23(2)21-20-12/h5-6,9-10,13H,3-4,7-8H2,1-2H3,(H,16,17,18)/t10-,13+/m0/s1. The quantitative estimate of drug-likeness (QED) is 0.765. The SMILES string of the molecule is Cn1nccc1[C@@H]1OCCC[C@H]1CNc1ncnc2c1nnn2C. The first kappa shape index (κ1) is 15.0. The van der Waals surface area contributed by atoms with E-state index in [0.717, 1.165) is 37.3 Å². The van der Waals surface area contributed by atoms with E-state index in [-0.39, 0.29) is 6.10 Å². The molecule has 0 unspecified atom stereocenters. The number of hydrogen-bond donors (Lipinski definition) is 1. The molecular formula is C15H20N8O. The number of nitrogens with one attached hydrogen (secondary N) is 1. The third-order valence-corrected chi connectivity index (χ3v) is 4.52. The highest BCUT2D eigenvalue weighted by molar-refractivity contribution is 5.81. The second kappa shape index (κ2) is 6.16. The van der Waals surface area contributed by atoms with Gasteiger partial charge < -0.3 is 10.1 Å². The van der Waals surface area contributed by atoms with Crippen LogP contribution in [-0.4, -0.2) is 47.9 Å². The van der Waals surface area contributed by atoms with Crippen molar-refractivity contribution in [1.82, 2.24) is 34.7 Å². The minimum absolute atomic E-state index is 0.0398. The first-order valence-electron chi connectivity index (χ1n) is 8.08. The predicted molar refractivity (Wildman–Crippen MR) is 87.2 cm³/mol. The van der Waals surface area contributed by atoms with Crippen LogP contribution in [0.1, 0.15) is 24.6 Å². The van der Waals surface area contributed by atoms with E-state index < -0.39 is 0 Å². The molecule has 9 heteroatoms. The molecule has 1 fully saturated rings. The van der Waals surface area contributed by atoms with E-state index in [1.807, 2.05) is 31.0 Å². The molecule has 1 aliphatic heterocycles. The molecule has 1 saturated heterocycles. The summed E-state index contributed by atoms with van der Waals surface area (Å²) in [4.78, 5) is 8.53. The lowest BCUT2D eigenvalue weighted by atomic mass is 9.92. The number of aryl methyl sites for hydroxylation is 2. The lowest BCUT2D eigenvalue weighted by molar-refractivity contribution is -0.0284. The van der Waals surface area contributed by atoms with Crippen molar-refractivity contribution in [2.24, 2.45) is 20.0 Å². The van der Waals surface area contributed by atoms with Gasteiger partial charge in [-0.1, -0.05) is 5.21 Å². The van der Waals surface area contributed by atoms with Crippen LogP contribution in [0.25, 0.3) is 11.2 Å². The van der Waals surface area contributed by atoms with Gasteiger partial charge in [-0.15, -0.1) is 5.10 Å². The molecule has 0 spiro atoms. The van der Waals surface area contributed by atoms with Crippen LogP contribution in [0, 0.1) is 5.92 Å². The van der Waals surface area contributed by atoms with Gasteiger partial charge in [0, 0.05) is 39.4 Å². The van der Waals surface area contributed by atoms with Gasteiger partial charge in [-0.05, 0) is 18.9 Å². The van der Waals surface area contributed by atoms with Gasteiger partial charge in [-0.25, -0.2) is 14.6 Å². The van der Waals surface area contributed by atoms with E-state index in [2.05, 4.69) is 30.7 Å². The number of fused-ring (bicyclic) bond motifs is 1. The number of rotatable bonds is 4. The zero-order valence-electron chi connectivity index (χ0n) is 13.8. The highest BCUT2D eigenvalue weighted by atomic mass is 16.5. The summed E-state index contributed by atoms with van der Waals surface area (Å²) in [6, 6.07) is 2.02. The van der Waals surface area contributed by atoms with Crippen molar-refractivity contribution in [2.45, 2.75) is 18.9 Å². The molecule has 0 saturated carbocycles. The molecular weight excluding hydrogens is 308 g/mol. The molecule has 2 atom stereocenters. The van der Waals surface area contributed by atoms with Crippen LogP contribution in [-0.2, 0) is 18.8 Å². The highest BCUT2D eigenvalue weighted by Crippen LogP contribution is 2.33. The van der Waals surface area contributed by atoms with Crippen LogP contribution in [0.5, 0.6) is 0 Å². The van der Waals surface area contributed by atoms with Crippen LogP contribution in [0.4, 0.5) is 5.82 Å². The Labute approximate surface area is 139 Å². The van der Waals surface area contributed by atoms with Crippen molar-refractivity contribution in [3.8, 4) is 0 Å². The van der Waals surface area contributed by atoms with E-state index >= 15 is 0 Å². The summed E-state index contributed by atoms with van der Waals surface area (Å²) >= 11 is 0. The summed E-state index contributed by atoms with van der Waals surface area (Å²) in [6.45, 7) is 1.53. The molecule has 4 rings (SSSR count). The Hall–Kier alpha value is -2.55. The molecule has 126 valence electrons. The zero-order valence-corrected chi connectivity index (χ0v) is 13.8. The summed E-state index contributed by atoms with van der Waals surface area (Å²) in [5, 5.41) is 15.8. The van der Waals surface area contributed by atoms with Crippen LogP contribution in [0.2, 0.25) is 0 Å². The summed E-state index contributed by atoms with van der Waals surface area (Å²) in [5.74, 6) is 1.05. The van der Waals surface area contributed by atoms with Crippen molar-refractivity contribution in [1.29, 1.82) is 0 Å². The van der Waals surface area contributed by atoms with Crippen LogP contribution in [0.15, 0.2) is 18.6 Å². The number of nitrogens with zero attached hydrogens (tertiary/aromatic N) is 7. The normalized spacial score (nSPS) is 21.2. The molecule has 0 aromatic carbocycles. The fourth-order valence-electron chi connectivity index (χ4n) is 3.25. The topological polar surface area (TPSA) is 95.6 Å². The second-order valence-corrected chi connectivity index (χ2v) is 6.06. The Kier molecular flexibility index (Phi) is 3.85. The fraction of sp³-hybridized carbons (Fsp3) is 0.533. The first-order chi connectivity index (χ1) is 11.7. The molecule has 0 radical (unpaired) electrons. The van der Waals surface area contributed by atoms with Gasteiger partial charge in [0.1, 0.15) is 12.4 Å². The van der Waals surface area contributed by atoms with Gasteiger partial charge in [0.05, 0.1) is 5.69 Å². The second-order valence-electron chi connectivity index (χ2n) is 6.06. The summed E-state index contributed by atoms with van der Waals surface area (Å²) in [5.41, 5.74) is 2.51. The molecule has 9 nitrogen and oxygen atoms in total. The van der Waals surface area contributed by atoms with E-state index in [1.54, 1.807) is 4.68 Å². The highest BCUT2D eigenvalue weighted by Gasteiger charge is 2.29. The Morgan fingerprint density at radius 1 is 1.29 bits per heavy atom. The van der Waals surface area contributed by atoms with Gasteiger partial charge in [0.2, 0.25) is 0 Å². The van der Waals surface area contributed by atoms with Crippen molar-refractivity contribution in [3.05, 3.63) is 24.3 Å². The third kappa shape index (κ3) is 2.60. The van der Waals surface area contributed by atoms with E-state index in [1.165, 1.54) is 6.33 Å². The lowest BCUT2D eigenvalue weighted by Crippen LogP contribution is -2.29. The molecule has 0 aliphatic carbocycles. The first-order valence-corrected chi connectivity index (χ1v) is 8.08. The van der Waals surface area contributed by atoms with E-state index in [4.69, 9.17) is 4.74 Å². The Bertz CT molecular complexity index is 841. The number of ether oxygens (including phenoxy) is 1. The maximum Gasteiger partial charge on any atom is 0.183 e. The van der Waals surface area contributed by atoms with Crippen molar-refractivity contribution >= 4 is 17.0 Å². The molecule has 1 aliphatic rings. The molecule has 3 aromatic rings. The fourth-order valence-corrected chi connectivity index (χ4v) is 3.25. The Morgan fingerprint density at radius 2 is 2.21 bits per heavy atom. The van der Waals surface area contributed by atoms with Crippen molar-refractivity contribution in [2.75, 3.05) is 18.5 Å². The largest absolute Gasteiger partial charge is 0.372 e. The number of hydrogen-bond acceptors (Lipinski definition) is 7. The Morgan fingerprint density at radius 3 is 3.04 bits per heavy atom. The smallest absolute Gasteiger partial charge is 0.183 e. The predicted octanol–water partition coefficient (Wildman–Crippen LogP) is 1.07. The summed E-state index contributed by atoms with van der Waals surface area (Å²) < 4.78 is 9.56. The van der Waals surface area contributed by atoms with Gasteiger partial charge in [0.25, 0.3) is 0 Å². The zero-order chi connectivity index (χ0) is 16.5. The van der Waals surface area contributed by atoms with Crippen LogP contribution >= 0.6 is 0 Å². The minimum atomic E-state index is 0.0398. The molecule has 24 heavy (non-hydrogen) atoms. The van der Waals surface area contributed by atoms with E-state index in [9.17, 15) is 0 Å². The van der Waals surface area contributed by atoms with Gasteiger partial charge in [-0.2, -0.15) is 5.10 Å². The molecule has 1 N–H and O–H groups in total. The van der Waals surface area contributed by atoms with Gasteiger partial charge >= 0.3 is 0 Å². The monoisotopic (exact) mass is 328 g/mol. The van der Waals surface area contributed by atoms with Crippen molar-refractivity contribution < 1.29 is 4.74 Å². The average Bonchev–Trinajstić information content (AvgIpc) is 3.20. The molecule has 3 aromatic heterocycles. The van der Waals surface area contributed by atoms with Crippen LogP contribution < -0.4 is 5.32 Å². The van der Waals surface area contributed by atoms with Crippen LogP contribution in [0.3, 0.4) is 0 Å². The van der Waals surface area contributed by atoms with E-state index in [0.29, 0.717) is 17.3 Å². The summed E-state index contributed by atoms with van der Waals surface area (Å²) in [6.07, 6.45) is 5.54. The maximum atomic E-state index is 6.03. The van der Waals surface area contributed by atoms with Gasteiger partial charge in [0.15, 0.2) is 17.0 Å². The van der Waals surface area contributed by atoms with Crippen molar-refractivity contribution in [3.63, 3.8) is 0 Å². The maximum absolute atomic E-state index is 6.03. The number of anilines is 1. The molecule has 0 bridgehead atoms. The Balaban J connectivity index is 1.54. The van der Waals surface area contributed by atoms with Gasteiger partial charge in [-0.3, -0.25) is 4.68 Å². The third-order valence-electron chi connectivity index (χ3n) is 4.52.